The van der Waals surface area contributed by atoms with Gasteiger partial charge in [-0.1, -0.05) is 24.1 Å². The Hall–Kier alpha value is -2.08. The second kappa shape index (κ2) is 8.68. The number of hydrogen-bond acceptors (Lipinski definition) is 4. The average Bonchev–Trinajstić information content (AvgIpc) is 2.73. The van der Waals surface area contributed by atoms with Crippen LogP contribution in [0.1, 0.15) is 31.2 Å². The summed E-state index contributed by atoms with van der Waals surface area (Å²) < 4.78 is 4.94. The topological polar surface area (TPSA) is 75.7 Å². The van der Waals surface area contributed by atoms with E-state index in [-0.39, 0.29) is 12.5 Å². The van der Waals surface area contributed by atoms with Crippen LogP contribution in [0, 0.1) is 6.92 Å². The normalized spacial score (nSPS) is 14.9. The Bertz CT molecular complexity index is 633. The number of esters is 1. The summed E-state index contributed by atoms with van der Waals surface area (Å²) in [7, 11) is 0. The number of ether oxygens (including phenoxy) is 1. The number of nitrogens with one attached hydrogen (secondary N) is 1. The van der Waals surface area contributed by atoms with Crippen LogP contribution in [0.15, 0.2) is 18.2 Å². The summed E-state index contributed by atoms with van der Waals surface area (Å²) in [5.41, 5.74) is 1.44. The highest BCUT2D eigenvalue weighted by Gasteiger charge is 2.20. The molecule has 6 nitrogen and oxygen atoms in total. The highest BCUT2D eigenvalue weighted by molar-refractivity contribution is 6.33. The molecule has 0 radical (unpaired) electrons. The third-order valence-electron chi connectivity index (χ3n) is 3.75. The summed E-state index contributed by atoms with van der Waals surface area (Å²) in [4.78, 5) is 37.0. The molecule has 0 unspecified atom stereocenters. The monoisotopic (exact) mass is 352 g/mol. The zero-order valence-corrected chi connectivity index (χ0v) is 14.4. The minimum Gasteiger partial charge on any atom is -0.454 e. The van der Waals surface area contributed by atoms with Gasteiger partial charge in [0.05, 0.1) is 10.7 Å². The Morgan fingerprint density at radius 1 is 1.29 bits per heavy atom. The van der Waals surface area contributed by atoms with Crippen LogP contribution in [0.4, 0.5) is 5.69 Å². The molecule has 0 bridgehead atoms. The van der Waals surface area contributed by atoms with E-state index in [1.54, 1.807) is 12.1 Å². The average molecular weight is 353 g/mol. The molecule has 1 aliphatic rings. The molecule has 0 atom stereocenters. The standard InChI is InChI=1S/C17H21ClN2O4/c1-12-6-7-14(13(18)9-12)19-15(21)11-24-17(23)10-20-8-4-2-3-5-16(20)22/h6-7,9H,2-5,8,10-11H2,1H3,(H,19,21). The molecule has 2 amide bonds. The van der Waals surface area contributed by atoms with Crippen molar-refractivity contribution in [1.82, 2.24) is 4.90 Å². The Morgan fingerprint density at radius 3 is 2.83 bits per heavy atom. The summed E-state index contributed by atoms with van der Waals surface area (Å²) >= 11 is 6.03. The molecule has 0 aromatic heterocycles. The number of likely N-dealkylation sites (tertiary alicyclic amines) is 1. The van der Waals surface area contributed by atoms with Crippen molar-refractivity contribution in [1.29, 1.82) is 0 Å². The van der Waals surface area contributed by atoms with Crippen molar-refractivity contribution >= 4 is 35.1 Å². The lowest BCUT2D eigenvalue weighted by Crippen LogP contribution is -2.36. The number of carbonyl (C=O) groups excluding carboxylic acids is 3. The number of rotatable bonds is 5. The lowest BCUT2D eigenvalue weighted by Gasteiger charge is -2.19. The van der Waals surface area contributed by atoms with Gasteiger partial charge in [-0.25, -0.2) is 0 Å². The fraction of sp³-hybridized carbons (Fsp3) is 0.471. The van der Waals surface area contributed by atoms with Crippen molar-refractivity contribution in [2.45, 2.75) is 32.6 Å². The first kappa shape index (κ1) is 18.3. The second-order valence-electron chi connectivity index (χ2n) is 5.82. The van der Waals surface area contributed by atoms with Crippen molar-refractivity contribution in [2.75, 3.05) is 25.0 Å². The predicted molar refractivity (Wildman–Crippen MR) is 90.8 cm³/mol. The van der Waals surface area contributed by atoms with Gasteiger partial charge in [-0.15, -0.1) is 0 Å². The number of halogens is 1. The second-order valence-corrected chi connectivity index (χ2v) is 6.23. The molecule has 0 spiro atoms. The molecule has 1 aliphatic heterocycles. The molecule has 1 fully saturated rings. The minimum absolute atomic E-state index is 0.0414. The zero-order valence-electron chi connectivity index (χ0n) is 13.6. The van der Waals surface area contributed by atoms with E-state index >= 15 is 0 Å². The van der Waals surface area contributed by atoms with Gasteiger partial charge < -0.3 is 15.0 Å². The molecule has 1 heterocycles. The van der Waals surface area contributed by atoms with Crippen molar-refractivity contribution in [3.8, 4) is 0 Å². The largest absolute Gasteiger partial charge is 0.454 e. The Labute approximate surface area is 146 Å². The van der Waals surface area contributed by atoms with E-state index in [1.165, 1.54) is 4.90 Å². The number of benzene rings is 1. The molecule has 0 aliphatic carbocycles. The highest BCUT2D eigenvalue weighted by Crippen LogP contribution is 2.22. The van der Waals surface area contributed by atoms with Gasteiger partial charge in [-0.3, -0.25) is 14.4 Å². The highest BCUT2D eigenvalue weighted by atomic mass is 35.5. The Balaban J connectivity index is 1.78. The molecule has 0 saturated carbocycles. The number of anilines is 1. The third kappa shape index (κ3) is 5.53. The number of nitrogens with zero attached hydrogens (tertiary/aromatic N) is 1. The van der Waals surface area contributed by atoms with Crippen LogP contribution in [0.25, 0.3) is 0 Å². The van der Waals surface area contributed by atoms with Gasteiger partial charge in [-0.2, -0.15) is 0 Å². The van der Waals surface area contributed by atoms with E-state index in [4.69, 9.17) is 16.3 Å². The maximum Gasteiger partial charge on any atom is 0.326 e. The maximum absolute atomic E-state index is 11.8. The van der Waals surface area contributed by atoms with Crippen molar-refractivity contribution in [2.24, 2.45) is 0 Å². The van der Waals surface area contributed by atoms with E-state index in [0.29, 0.717) is 23.7 Å². The lowest BCUT2D eigenvalue weighted by atomic mass is 10.2. The number of carbonyl (C=O) groups is 3. The van der Waals surface area contributed by atoms with Crippen LogP contribution >= 0.6 is 11.6 Å². The summed E-state index contributed by atoms with van der Waals surface area (Å²) in [6, 6.07) is 5.24. The van der Waals surface area contributed by atoms with Gasteiger partial charge >= 0.3 is 5.97 Å². The molecular formula is C17H21ClN2O4. The van der Waals surface area contributed by atoms with Gasteiger partial charge in [-0.05, 0) is 37.5 Å². The van der Waals surface area contributed by atoms with E-state index in [1.807, 2.05) is 13.0 Å². The van der Waals surface area contributed by atoms with E-state index in [2.05, 4.69) is 5.32 Å². The summed E-state index contributed by atoms with van der Waals surface area (Å²) in [6.07, 6.45) is 3.17. The third-order valence-corrected chi connectivity index (χ3v) is 4.07. The molecule has 1 saturated heterocycles. The number of aryl methyl sites for hydroxylation is 1. The van der Waals surface area contributed by atoms with Gasteiger partial charge in [0.25, 0.3) is 5.91 Å². The fourth-order valence-corrected chi connectivity index (χ4v) is 2.74. The summed E-state index contributed by atoms with van der Waals surface area (Å²) in [5, 5.41) is 3.01. The van der Waals surface area contributed by atoms with Crippen molar-refractivity contribution < 1.29 is 19.1 Å². The first-order valence-electron chi connectivity index (χ1n) is 7.95. The fourth-order valence-electron chi connectivity index (χ4n) is 2.46. The molecule has 1 N–H and O–H groups in total. The molecule has 130 valence electrons. The van der Waals surface area contributed by atoms with Crippen LogP contribution < -0.4 is 5.32 Å². The Kier molecular flexibility index (Phi) is 6.61. The van der Waals surface area contributed by atoms with Crippen LogP contribution in [-0.2, 0) is 19.1 Å². The zero-order chi connectivity index (χ0) is 17.5. The first-order chi connectivity index (χ1) is 11.5. The number of hydrogen-bond donors (Lipinski definition) is 1. The quantitative estimate of drug-likeness (QED) is 0.826. The van der Waals surface area contributed by atoms with Crippen molar-refractivity contribution in [3.05, 3.63) is 28.8 Å². The lowest BCUT2D eigenvalue weighted by molar-refractivity contribution is -0.151. The SMILES string of the molecule is Cc1ccc(NC(=O)COC(=O)CN2CCCCCC2=O)c(Cl)c1. The number of amides is 2. The van der Waals surface area contributed by atoms with Crippen LogP contribution in [0.3, 0.4) is 0 Å². The summed E-state index contributed by atoms with van der Waals surface area (Å²) in [6.45, 7) is 1.92. The van der Waals surface area contributed by atoms with E-state index < -0.39 is 18.5 Å². The molecule has 2 rings (SSSR count). The molecular weight excluding hydrogens is 332 g/mol. The van der Waals surface area contributed by atoms with E-state index in [9.17, 15) is 14.4 Å². The van der Waals surface area contributed by atoms with Crippen molar-refractivity contribution in [3.63, 3.8) is 0 Å². The van der Waals surface area contributed by atoms with Gasteiger partial charge in [0.1, 0.15) is 6.54 Å². The first-order valence-corrected chi connectivity index (χ1v) is 8.33. The predicted octanol–water partition coefficient (Wildman–Crippen LogP) is 2.53. The van der Waals surface area contributed by atoms with Gasteiger partial charge in [0, 0.05) is 13.0 Å². The molecule has 24 heavy (non-hydrogen) atoms. The Morgan fingerprint density at radius 2 is 2.08 bits per heavy atom. The smallest absolute Gasteiger partial charge is 0.326 e. The maximum atomic E-state index is 11.8. The van der Waals surface area contributed by atoms with E-state index in [0.717, 1.165) is 24.8 Å². The van der Waals surface area contributed by atoms with Crippen LogP contribution in [-0.4, -0.2) is 42.4 Å². The van der Waals surface area contributed by atoms with Crippen LogP contribution in [0.2, 0.25) is 5.02 Å². The van der Waals surface area contributed by atoms with Gasteiger partial charge in [0.15, 0.2) is 6.61 Å². The molecule has 1 aromatic carbocycles. The van der Waals surface area contributed by atoms with Gasteiger partial charge in [0.2, 0.25) is 5.91 Å². The molecule has 1 aromatic rings. The van der Waals surface area contributed by atoms with Crippen LogP contribution in [0.5, 0.6) is 0 Å². The summed E-state index contributed by atoms with van der Waals surface area (Å²) in [5.74, 6) is -1.10. The minimum atomic E-state index is -0.588. The molecule has 7 heteroatoms.